The lowest BCUT2D eigenvalue weighted by atomic mass is 9.66. The highest BCUT2D eigenvalue weighted by Crippen LogP contribution is 2.42. The predicted molar refractivity (Wildman–Crippen MR) is 106 cm³/mol. The Morgan fingerprint density at radius 3 is 1.78 bits per heavy atom. The lowest BCUT2D eigenvalue weighted by Crippen LogP contribution is -3.09. The van der Waals surface area contributed by atoms with E-state index in [1.807, 2.05) is 12.1 Å². The van der Waals surface area contributed by atoms with Gasteiger partial charge in [0.2, 0.25) is 0 Å². The molecule has 0 radical (unpaired) electrons. The van der Waals surface area contributed by atoms with Crippen LogP contribution in [-0.2, 0) is 14.9 Å². The van der Waals surface area contributed by atoms with E-state index < -0.39 is 0 Å². The van der Waals surface area contributed by atoms with Gasteiger partial charge in [-0.05, 0) is 24.5 Å². The molecule has 1 N–H and O–H groups in total. The molecule has 0 fully saturated rings. The summed E-state index contributed by atoms with van der Waals surface area (Å²) in [7, 11) is 4.36. The number of halogens is 1. The normalized spacial score (nSPS) is 13.6. The van der Waals surface area contributed by atoms with Gasteiger partial charge in [0.15, 0.2) is 0 Å². The van der Waals surface area contributed by atoms with Crippen molar-refractivity contribution in [2.45, 2.75) is 51.2 Å². The minimum absolute atomic E-state index is 0. The van der Waals surface area contributed by atoms with Gasteiger partial charge < -0.3 is 22.0 Å². The summed E-state index contributed by atoms with van der Waals surface area (Å²) in [5.41, 5.74) is 2.03. The number of quaternary nitrogens is 1. The molecule has 2 aromatic rings. The average molecular weight is 390 g/mol. The third-order valence-corrected chi connectivity index (χ3v) is 5.42. The molecule has 0 aliphatic carbocycles. The second kappa shape index (κ2) is 10.5. The third-order valence-electron chi connectivity index (χ3n) is 5.42. The molecule has 0 heterocycles. The van der Waals surface area contributed by atoms with Crippen LogP contribution in [0.15, 0.2) is 60.7 Å². The molecular formula is C23H32ClNO2. The highest BCUT2D eigenvalue weighted by Gasteiger charge is 2.45. The lowest BCUT2D eigenvalue weighted by molar-refractivity contribution is -0.884. The first-order chi connectivity index (χ1) is 12.4. The molecular weight excluding hydrogens is 358 g/mol. The molecule has 4 heteroatoms. The van der Waals surface area contributed by atoms with Crippen molar-refractivity contribution in [3.05, 3.63) is 71.8 Å². The number of benzene rings is 2. The lowest BCUT2D eigenvalue weighted by Gasteiger charge is -2.42. The van der Waals surface area contributed by atoms with E-state index >= 15 is 0 Å². The molecule has 0 aliphatic rings. The Kier molecular flexibility index (Phi) is 9.01. The van der Waals surface area contributed by atoms with Crippen molar-refractivity contribution in [3.8, 4) is 0 Å². The summed E-state index contributed by atoms with van der Waals surface area (Å²) in [6.07, 6.45) is 1.44. The Morgan fingerprint density at radius 2 is 1.44 bits per heavy atom. The summed E-state index contributed by atoms with van der Waals surface area (Å²) < 4.78 is 5.91. The largest absolute Gasteiger partial charge is 1.00 e. The zero-order valence-electron chi connectivity index (χ0n) is 17.0. The predicted octanol–water partition coefficient (Wildman–Crippen LogP) is 0.242. The van der Waals surface area contributed by atoms with Crippen LogP contribution in [0.1, 0.15) is 44.7 Å². The van der Waals surface area contributed by atoms with E-state index in [9.17, 15) is 4.79 Å². The molecule has 3 nitrogen and oxygen atoms in total. The number of ether oxygens (including phenoxy) is 1. The highest BCUT2D eigenvalue weighted by atomic mass is 35.5. The summed E-state index contributed by atoms with van der Waals surface area (Å²) in [6, 6.07) is 21.4. The fraction of sp³-hybridized carbons (Fsp3) is 0.435. The minimum Gasteiger partial charge on any atom is -1.00 e. The molecule has 2 aromatic carbocycles. The summed E-state index contributed by atoms with van der Waals surface area (Å²) in [5, 5.41) is 0. The summed E-state index contributed by atoms with van der Waals surface area (Å²) in [4.78, 5) is 13.3. The molecule has 0 spiro atoms. The van der Waals surface area contributed by atoms with Crippen molar-refractivity contribution in [2.75, 3.05) is 14.1 Å². The summed E-state index contributed by atoms with van der Waals surface area (Å²) in [6.45, 7) is 5.86. The van der Waals surface area contributed by atoms with Gasteiger partial charge in [0.25, 0.3) is 0 Å². The van der Waals surface area contributed by atoms with Crippen LogP contribution in [0.25, 0.3) is 0 Å². The number of hydrogen-bond donors (Lipinski definition) is 1. The molecule has 2 unspecified atom stereocenters. The van der Waals surface area contributed by atoms with Crippen molar-refractivity contribution in [1.29, 1.82) is 0 Å². The Morgan fingerprint density at radius 1 is 1.00 bits per heavy atom. The maximum atomic E-state index is 11.9. The van der Waals surface area contributed by atoms with Crippen LogP contribution in [0.5, 0.6) is 0 Å². The van der Waals surface area contributed by atoms with Crippen LogP contribution in [0, 0.1) is 0 Å². The van der Waals surface area contributed by atoms with Gasteiger partial charge in [-0.1, -0.05) is 67.6 Å². The van der Waals surface area contributed by atoms with Gasteiger partial charge in [0.05, 0.1) is 25.6 Å². The van der Waals surface area contributed by atoms with Crippen LogP contribution in [-0.4, -0.2) is 32.2 Å². The monoisotopic (exact) mass is 389 g/mol. The summed E-state index contributed by atoms with van der Waals surface area (Å²) >= 11 is 0. The van der Waals surface area contributed by atoms with Crippen LogP contribution >= 0.6 is 0 Å². The van der Waals surface area contributed by atoms with Crippen molar-refractivity contribution >= 4 is 5.97 Å². The van der Waals surface area contributed by atoms with Crippen molar-refractivity contribution in [3.63, 3.8) is 0 Å². The zero-order valence-corrected chi connectivity index (χ0v) is 17.8. The SMILES string of the molecule is CCC(OC(C)=O)C(CC(C)[NH+](C)C)(c1ccccc1)c1ccccc1.[Cl-]. The van der Waals surface area contributed by atoms with Gasteiger partial charge >= 0.3 is 5.97 Å². The minimum atomic E-state index is -0.375. The second-order valence-electron chi connectivity index (χ2n) is 7.39. The van der Waals surface area contributed by atoms with Crippen LogP contribution in [0.2, 0.25) is 0 Å². The first-order valence-electron chi connectivity index (χ1n) is 9.50. The number of hydrogen-bond acceptors (Lipinski definition) is 2. The Labute approximate surface area is 170 Å². The van der Waals surface area contributed by atoms with E-state index in [0.717, 1.165) is 12.8 Å². The molecule has 0 amide bonds. The fourth-order valence-electron chi connectivity index (χ4n) is 3.80. The fourth-order valence-corrected chi connectivity index (χ4v) is 3.80. The van der Waals surface area contributed by atoms with Gasteiger partial charge in [-0.3, -0.25) is 4.79 Å². The average Bonchev–Trinajstić information content (AvgIpc) is 2.65. The molecule has 0 saturated carbocycles. The Balaban J connectivity index is 0.00000364. The molecule has 2 rings (SSSR count). The standard InChI is InChI=1S/C23H31NO2.ClH/c1-6-22(26-19(3)25)23(17-18(2)24(4)5,20-13-9-7-10-14-20)21-15-11-8-12-16-21;/h7-16,18,22H,6,17H2,1-5H3;1H. The number of esters is 1. The molecule has 0 bridgehead atoms. The zero-order chi connectivity index (χ0) is 19.2. The molecule has 27 heavy (non-hydrogen) atoms. The van der Waals surface area contributed by atoms with Gasteiger partial charge in [0.1, 0.15) is 6.10 Å². The molecule has 2 atom stereocenters. The number of carbonyl (C=O) groups is 1. The Bertz CT molecular complexity index is 649. The van der Waals surface area contributed by atoms with Crippen LogP contribution in [0.4, 0.5) is 0 Å². The maximum Gasteiger partial charge on any atom is 0.302 e. The van der Waals surface area contributed by atoms with Crippen molar-refractivity contribution < 1.29 is 26.8 Å². The maximum absolute atomic E-state index is 11.9. The molecule has 0 aromatic heterocycles. The number of carbonyl (C=O) groups excluding carboxylic acids is 1. The van der Waals surface area contributed by atoms with Gasteiger partial charge in [0, 0.05) is 13.3 Å². The van der Waals surface area contributed by atoms with E-state index in [0.29, 0.717) is 6.04 Å². The topological polar surface area (TPSA) is 30.7 Å². The van der Waals surface area contributed by atoms with Crippen molar-refractivity contribution in [1.82, 2.24) is 0 Å². The van der Waals surface area contributed by atoms with E-state index in [1.165, 1.54) is 23.0 Å². The van der Waals surface area contributed by atoms with Crippen LogP contribution < -0.4 is 17.3 Å². The van der Waals surface area contributed by atoms with E-state index in [2.05, 4.69) is 76.5 Å². The van der Waals surface area contributed by atoms with E-state index in [-0.39, 0.29) is 29.9 Å². The number of rotatable bonds is 8. The first kappa shape index (κ1) is 23.2. The van der Waals surface area contributed by atoms with E-state index in [1.54, 1.807) is 0 Å². The van der Waals surface area contributed by atoms with Crippen LogP contribution in [0.3, 0.4) is 0 Å². The highest BCUT2D eigenvalue weighted by molar-refractivity contribution is 5.66. The Hall–Kier alpha value is -1.84. The summed E-state index contributed by atoms with van der Waals surface area (Å²) in [5.74, 6) is -0.224. The molecule has 0 saturated heterocycles. The third kappa shape index (κ3) is 5.33. The van der Waals surface area contributed by atoms with E-state index in [4.69, 9.17) is 4.74 Å². The van der Waals surface area contributed by atoms with Gasteiger partial charge in [-0.25, -0.2) is 0 Å². The van der Waals surface area contributed by atoms with Crippen molar-refractivity contribution in [2.24, 2.45) is 0 Å². The van der Waals surface area contributed by atoms with Gasteiger partial charge in [-0.15, -0.1) is 0 Å². The quantitative estimate of drug-likeness (QED) is 0.656. The van der Waals surface area contributed by atoms with Gasteiger partial charge in [-0.2, -0.15) is 0 Å². The number of nitrogens with one attached hydrogen (secondary N) is 1. The molecule has 148 valence electrons. The molecule has 0 aliphatic heterocycles. The smallest absolute Gasteiger partial charge is 0.302 e. The second-order valence-corrected chi connectivity index (χ2v) is 7.39. The first-order valence-corrected chi connectivity index (χ1v) is 9.50.